The van der Waals surface area contributed by atoms with E-state index in [0.717, 1.165) is 5.92 Å². The van der Waals surface area contributed by atoms with Gasteiger partial charge in [-0.2, -0.15) is 0 Å². The molecule has 0 fully saturated rings. The van der Waals surface area contributed by atoms with Crippen molar-refractivity contribution in [1.82, 2.24) is 0 Å². The highest BCUT2D eigenvalue weighted by molar-refractivity contribution is 5.65. The summed E-state index contributed by atoms with van der Waals surface area (Å²) in [5.41, 5.74) is 2.97. The van der Waals surface area contributed by atoms with Crippen molar-refractivity contribution in [2.45, 2.75) is 46.5 Å². The third-order valence-corrected chi connectivity index (χ3v) is 3.05. The van der Waals surface area contributed by atoms with Gasteiger partial charge in [-0.1, -0.05) is 63.6 Å². The van der Waals surface area contributed by atoms with E-state index in [1.165, 1.54) is 31.2 Å². The fraction of sp³-hybridized carbons (Fsp3) is 0.500. The molecule has 1 aromatic carbocycles. The molecule has 0 radical (unpaired) electrons. The van der Waals surface area contributed by atoms with Crippen molar-refractivity contribution < 1.29 is 0 Å². The largest absolute Gasteiger partial charge is 0.0805 e. The minimum absolute atomic E-state index is 0.871. The van der Waals surface area contributed by atoms with Crippen molar-refractivity contribution in [3.05, 3.63) is 42.0 Å². The van der Waals surface area contributed by atoms with E-state index < -0.39 is 0 Å². The highest BCUT2D eigenvalue weighted by atomic mass is 14.1. The standard InChI is InChI=1S/C14H18.C2H6/c1-12-6-5-9-14(11-10-12)13-7-3-2-4-8-13;1-2/h2-4,7-8,11-12H,5-6,9-10H2,1H3;1-2H3. The molecule has 2 rings (SSSR count). The number of hydrogen-bond donors (Lipinski definition) is 0. The van der Waals surface area contributed by atoms with E-state index in [1.54, 1.807) is 5.57 Å². The summed E-state index contributed by atoms with van der Waals surface area (Å²) in [7, 11) is 0. The van der Waals surface area contributed by atoms with Crippen molar-refractivity contribution >= 4 is 5.57 Å². The van der Waals surface area contributed by atoms with Crippen LogP contribution >= 0.6 is 0 Å². The quantitative estimate of drug-likeness (QED) is 0.597. The van der Waals surface area contributed by atoms with Crippen LogP contribution in [-0.4, -0.2) is 0 Å². The first-order valence-electron chi connectivity index (χ1n) is 6.61. The molecule has 16 heavy (non-hydrogen) atoms. The summed E-state index contributed by atoms with van der Waals surface area (Å²) < 4.78 is 0. The maximum Gasteiger partial charge on any atom is -0.0228 e. The molecule has 0 N–H and O–H groups in total. The minimum Gasteiger partial charge on any atom is -0.0805 e. The Hall–Kier alpha value is -1.04. The minimum atomic E-state index is 0.871. The van der Waals surface area contributed by atoms with E-state index in [1.807, 2.05) is 13.8 Å². The number of rotatable bonds is 1. The third-order valence-electron chi connectivity index (χ3n) is 3.05. The normalized spacial score (nSPS) is 20.2. The summed E-state index contributed by atoms with van der Waals surface area (Å²) >= 11 is 0. The average Bonchev–Trinajstić information content (AvgIpc) is 2.58. The topological polar surface area (TPSA) is 0 Å². The molecule has 1 aromatic rings. The first-order valence-corrected chi connectivity index (χ1v) is 6.61. The number of benzene rings is 1. The van der Waals surface area contributed by atoms with Gasteiger partial charge in [-0.25, -0.2) is 0 Å². The van der Waals surface area contributed by atoms with Crippen LogP contribution in [-0.2, 0) is 0 Å². The van der Waals surface area contributed by atoms with E-state index in [9.17, 15) is 0 Å². The number of allylic oxidation sites excluding steroid dienone is 2. The van der Waals surface area contributed by atoms with E-state index in [-0.39, 0.29) is 0 Å². The molecule has 0 aromatic heterocycles. The van der Waals surface area contributed by atoms with Crippen LogP contribution in [0.1, 0.15) is 52.0 Å². The van der Waals surface area contributed by atoms with Crippen LogP contribution in [0, 0.1) is 5.92 Å². The van der Waals surface area contributed by atoms with Gasteiger partial charge in [0.15, 0.2) is 0 Å². The highest BCUT2D eigenvalue weighted by Crippen LogP contribution is 2.28. The molecule has 0 amide bonds. The Labute approximate surface area is 100 Å². The first kappa shape index (κ1) is 13.0. The maximum atomic E-state index is 2.44. The van der Waals surface area contributed by atoms with Crippen molar-refractivity contribution in [2.75, 3.05) is 0 Å². The monoisotopic (exact) mass is 216 g/mol. The Morgan fingerprint density at radius 3 is 2.44 bits per heavy atom. The Bertz CT molecular complexity index is 308. The summed E-state index contributed by atoms with van der Waals surface area (Å²) in [4.78, 5) is 0. The van der Waals surface area contributed by atoms with Gasteiger partial charge in [-0.3, -0.25) is 0 Å². The molecule has 0 nitrogen and oxygen atoms in total. The van der Waals surface area contributed by atoms with Gasteiger partial charge in [0.1, 0.15) is 0 Å². The van der Waals surface area contributed by atoms with Crippen LogP contribution in [0.2, 0.25) is 0 Å². The molecular formula is C16H24. The highest BCUT2D eigenvalue weighted by Gasteiger charge is 2.08. The van der Waals surface area contributed by atoms with Gasteiger partial charge in [-0.05, 0) is 36.3 Å². The van der Waals surface area contributed by atoms with Crippen LogP contribution in [0.4, 0.5) is 0 Å². The van der Waals surface area contributed by atoms with Gasteiger partial charge >= 0.3 is 0 Å². The van der Waals surface area contributed by atoms with Crippen LogP contribution in [0.15, 0.2) is 36.4 Å². The fourth-order valence-electron chi connectivity index (χ4n) is 2.12. The molecule has 0 spiro atoms. The van der Waals surface area contributed by atoms with Gasteiger partial charge in [0.25, 0.3) is 0 Å². The molecule has 0 saturated heterocycles. The van der Waals surface area contributed by atoms with Gasteiger partial charge in [0.2, 0.25) is 0 Å². The maximum absolute atomic E-state index is 2.44. The van der Waals surface area contributed by atoms with Gasteiger partial charge < -0.3 is 0 Å². The van der Waals surface area contributed by atoms with Gasteiger partial charge in [0.05, 0.1) is 0 Å². The molecule has 1 unspecified atom stereocenters. The van der Waals surface area contributed by atoms with Crippen LogP contribution in [0.25, 0.3) is 5.57 Å². The van der Waals surface area contributed by atoms with Crippen molar-refractivity contribution in [3.8, 4) is 0 Å². The zero-order valence-electron chi connectivity index (χ0n) is 10.9. The molecule has 0 aliphatic heterocycles. The molecule has 1 atom stereocenters. The lowest BCUT2D eigenvalue weighted by atomic mass is 10.0. The molecule has 0 heteroatoms. The van der Waals surface area contributed by atoms with Crippen molar-refractivity contribution in [1.29, 1.82) is 0 Å². The predicted molar refractivity (Wildman–Crippen MR) is 73.4 cm³/mol. The lowest BCUT2D eigenvalue weighted by Gasteiger charge is -2.04. The van der Waals surface area contributed by atoms with E-state index in [4.69, 9.17) is 0 Å². The molecule has 1 aliphatic rings. The van der Waals surface area contributed by atoms with Crippen molar-refractivity contribution in [3.63, 3.8) is 0 Å². The molecule has 0 bridgehead atoms. The second kappa shape index (κ2) is 7.27. The predicted octanol–water partition coefficient (Wildman–Crippen LogP) is 5.31. The number of hydrogen-bond acceptors (Lipinski definition) is 0. The Balaban J connectivity index is 0.000000606. The van der Waals surface area contributed by atoms with E-state index in [2.05, 4.69) is 43.3 Å². The second-order valence-electron chi connectivity index (χ2n) is 4.33. The molecule has 88 valence electrons. The molecule has 0 heterocycles. The fourth-order valence-corrected chi connectivity index (χ4v) is 2.12. The molecule has 0 saturated carbocycles. The first-order chi connectivity index (χ1) is 7.86. The zero-order chi connectivity index (χ0) is 11.8. The Morgan fingerprint density at radius 1 is 1.06 bits per heavy atom. The van der Waals surface area contributed by atoms with Crippen LogP contribution in [0.3, 0.4) is 0 Å². The summed E-state index contributed by atoms with van der Waals surface area (Å²) in [6.07, 6.45) is 7.68. The van der Waals surface area contributed by atoms with E-state index >= 15 is 0 Å². The molecule has 1 aliphatic carbocycles. The Kier molecular flexibility index (Phi) is 5.92. The lowest BCUT2D eigenvalue weighted by Crippen LogP contribution is -1.88. The lowest BCUT2D eigenvalue weighted by molar-refractivity contribution is 0.533. The van der Waals surface area contributed by atoms with Gasteiger partial charge in [0, 0.05) is 0 Å². The van der Waals surface area contributed by atoms with Crippen molar-refractivity contribution in [2.24, 2.45) is 5.92 Å². The SMILES string of the molecule is CC.CC1CC=C(c2ccccc2)CCC1. The van der Waals surface area contributed by atoms with Crippen LogP contribution in [0.5, 0.6) is 0 Å². The molecular weight excluding hydrogens is 192 g/mol. The summed E-state index contributed by atoms with van der Waals surface area (Å²) in [5, 5.41) is 0. The third kappa shape index (κ3) is 3.84. The average molecular weight is 216 g/mol. The smallest absolute Gasteiger partial charge is 0.0228 e. The van der Waals surface area contributed by atoms with E-state index in [0.29, 0.717) is 0 Å². The van der Waals surface area contributed by atoms with Crippen LogP contribution < -0.4 is 0 Å². The Morgan fingerprint density at radius 2 is 1.75 bits per heavy atom. The zero-order valence-corrected chi connectivity index (χ0v) is 10.9. The summed E-state index contributed by atoms with van der Waals surface area (Å²) in [6.45, 7) is 6.35. The summed E-state index contributed by atoms with van der Waals surface area (Å²) in [6, 6.07) is 10.8. The second-order valence-corrected chi connectivity index (χ2v) is 4.33. The summed E-state index contributed by atoms with van der Waals surface area (Å²) in [5.74, 6) is 0.871. The van der Waals surface area contributed by atoms with Gasteiger partial charge in [-0.15, -0.1) is 0 Å².